The third-order valence-electron chi connectivity index (χ3n) is 0.736. The molecule has 6 nitrogen and oxygen atoms in total. The molecule has 0 bridgehead atoms. The fraction of sp³-hybridized carbons (Fsp3) is 0.200. The number of nitrogens with one attached hydrogen (secondary N) is 1. The Balaban J connectivity index is 3.72. The van der Waals surface area contributed by atoms with Gasteiger partial charge in [-0.05, 0) is 6.92 Å². The molecule has 0 aliphatic carbocycles. The summed E-state index contributed by atoms with van der Waals surface area (Å²) in [4.78, 5) is 15.0. The third-order valence-corrected chi connectivity index (χ3v) is 0.736. The minimum absolute atomic E-state index is 0.181. The molecule has 11 heavy (non-hydrogen) atoms. The van der Waals surface area contributed by atoms with Gasteiger partial charge in [-0.2, -0.15) is 5.48 Å². The number of nitrogens with zero attached hydrogens (tertiary/aromatic N) is 1. The number of carbonyl (C=O) groups is 1. The second-order valence-corrected chi connectivity index (χ2v) is 1.79. The summed E-state index contributed by atoms with van der Waals surface area (Å²) >= 11 is 0. The summed E-state index contributed by atoms with van der Waals surface area (Å²) in [5.74, 6) is 3.93. The summed E-state index contributed by atoms with van der Waals surface area (Å²) in [7, 11) is 0. The van der Waals surface area contributed by atoms with Crippen molar-refractivity contribution >= 4 is 11.9 Å². The molecule has 0 saturated heterocycles. The predicted molar refractivity (Wildman–Crippen MR) is 39.9 cm³/mol. The van der Waals surface area contributed by atoms with Crippen LogP contribution < -0.4 is 17.1 Å². The van der Waals surface area contributed by atoms with Gasteiger partial charge in [0.2, 0.25) is 5.96 Å². The number of hydrogen-bond donors (Lipinski definition) is 3. The maximum atomic E-state index is 10.6. The lowest BCUT2D eigenvalue weighted by molar-refractivity contribution is -0.143. The Morgan fingerprint density at radius 3 is 2.64 bits per heavy atom. The smallest absolute Gasteiger partial charge is 0.358 e. The van der Waals surface area contributed by atoms with E-state index in [2.05, 4.69) is 16.5 Å². The molecule has 62 valence electrons. The Labute approximate surface area is 63.8 Å². The van der Waals surface area contributed by atoms with E-state index in [-0.39, 0.29) is 11.5 Å². The zero-order chi connectivity index (χ0) is 8.85. The molecule has 6 heteroatoms. The van der Waals surface area contributed by atoms with E-state index in [0.717, 1.165) is 0 Å². The second kappa shape index (κ2) is 4.15. The summed E-state index contributed by atoms with van der Waals surface area (Å²) < 4.78 is 0. The molecule has 0 saturated carbocycles. The van der Waals surface area contributed by atoms with Gasteiger partial charge < -0.3 is 16.4 Å². The van der Waals surface area contributed by atoms with Crippen LogP contribution in [0.1, 0.15) is 6.92 Å². The van der Waals surface area contributed by atoms with Gasteiger partial charge in [0.25, 0.3) is 0 Å². The van der Waals surface area contributed by atoms with Crippen molar-refractivity contribution in [1.82, 2.24) is 5.48 Å². The Bertz CT molecular complexity index is 199. The molecule has 0 fully saturated rings. The molecular formula is C5H10N4O2. The van der Waals surface area contributed by atoms with Crippen molar-refractivity contribution < 1.29 is 9.63 Å². The SMILES string of the molecule is C=C(C)C(=O)ONC(N)=NN. The second-order valence-electron chi connectivity index (χ2n) is 1.79. The number of carbonyl (C=O) groups excluding carboxylic acids is 1. The van der Waals surface area contributed by atoms with E-state index in [1.54, 1.807) is 0 Å². The molecule has 0 spiro atoms. The van der Waals surface area contributed by atoms with Crippen molar-refractivity contribution in [2.75, 3.05) is 0 Å². The highest BCUT2D eigenvalue weighted by molar-refractivity contribution is 5.88. The maximum Gasteiger partial charge on any atom is 0.358 e. The number of hydrogen-bond acceptors (Lipinski definition) is 4. The van der Waals surface area contributed by atoms with Crippen molar-refractivity contribution in [2.45, 2.75) is 6.92 Å². The van der Waals surface area contributed by atoms with E-state index in [1.165, 1.54) is 6.92 Å². The van der Waals surface area contributed by atoms with Crippen molar-refractivity contribution in [3.05, 3.63) is 12.2 Å². The molecule has 0 aromatic heterocycles. The van der Waals surface area contributed by atoms with Gasteiger partial charge in [0.1, 0.15) is 0 Å². The average molecular weight is 158 g/mol. The van der Waals surface area contributed by atoms with Gasteiger partial charge in [-0.3, -0.25) is 0 Å². The average Bonchev–Trinajstić information content (AvgIpc) is 1.99. The van der Waals surface area contributed by atoms with Gasteiger partial charge in [-0.25, -0.2) is 4.79 Å². The first kappa shape index (κ1) is 9.28. The standard InChI is InChI=1S/C5H10N4O2/c1-3(2)4(10)11-9-5(6)8-7/h1,7H2,2H3,(H3,6,8,9). The van der Waals surface area contributed by atoms with Crippen LogP contribution in [-0.2, 0) is 9.63 Å². The Hall–Kier alpha value is -1.72. The molecule has 0 atom stereocenters. The summed E-state index contributed by atoms with van der Waals surface area (Å²) in [6.45, 7) is 4.83. The minimum Gasteiger partial charge on any atom is -0.366 e. The highest BCUT2D eigenvalue weighted by atomic mass is 16.7. The van der Waals surface area contributed by atoms with E-state index < -0.39 is 5.97 Å². The van der Waals surface area contributed by atoms with Crippen LogP contribution in [0.3, 0.4) is 0 Å². The first-order chi connectivity index (χ1) is 5.07. The molecular weight excluding hydrogens is 148 g/mol. The molecule has 0 aromatic rings. The number of hydrazone groups is 1. The third kappa shape index (κ3) is 3.79. The molecule has 0 amide bonds. The largest absolute Gasteiger partial charge is 0.366 e. The molecule has 0 aliphatic rings. The van der Waals surface area contributed by atoms with Crippen molar-refractivity contribution in [2.24, 2.45) is 16.7 Å². The molecule has 0 heterocycles. The normalized spacial score (nSPS) is 10.5. The van der Waals surface area contributed by atoms with E-state index in [1.807, 2.05) is 5.48 Å². The highest BCUT2D eigenvalue weighted by Crippen LogP contribution is 1.87. The fourth-order valence-electron chi connectivity index (χ4n) is 0.212. The van der Waals surface area contributed by atoms with Crippen LogP contribution in [-0.4, -0.2) is 11.9 Å². The minimum atomic E-state index is -0.614. The monoisotopic (exact) mass is 158 g/mol. The van der Waals surface area contributed by atoms with E-state index in [4.69, 9.17) is 11.6 Å². The van der Waals surface area contributed by atoms with Crippen LogP contribution in [0, 0.1) is 0 Å². The van der Waals surface area contributed by atoms with Crippen LogP contribution in [0.2, 0.25) is 0 Å². The number of guanidine groups is 1. The number of nitrogens with two attached hydrogens (primary N) is 2. The molecule has 5 N–H and O–H groups in total. The van der Waals surface area contributed by atoms with Crippen molar-refractivity contribution in [3.63, 3.8) is 0 Å². The number of hydroxylamine groups is 1. The van der Waals surface area contributed by atoms with Crippen molar-refractivity contribution in [3.8, 4) is 0 Å². The van der Waals surface area contributed by atoms with Gasteiger partial charge >= 0.3 is 5.97 Å². The van der Waals surface area contributed by atoms with E-state index in [0.29, 0.717) is 0 Å². The van der Waals surface area contributed by atoms with Crippen LogP contribution in [0.4, 0.5) is 0 Å². The summed E-state index contributed by atoms with van der Waals surface area (Å²) in [5.41, 5.74) is 7.29. The zero-order valence-corrected chi connectivity index (χ0v) is 6.13. The van der Waals surface area contributed by atoms with Gasteiger partial charge in [0.15, 0.2) is 0 Å². The summed E-state index contributed by atoms with van der Waals surface area (Å²) in [5, 5.41) is 3.00. The lowest BCUT2D eigenvalue weighted by atomic mass is 10.4. The number of rotatable bonds is 1. The zero-order valence-electron chi connectivity index (χ0n) is 6.13. The Morgan fingerprint density at radius 2 is 2.27 bits per heavy atom. The van der Waals surface area contributed by atoms with Gasteiger partial charge in [0, 0.05) is 5.57 Å². The van der Waals surface area contributed by atoms with Crippen molar-refractivity contribution in [1.29, 1.82) is 0 Å². The maximum absolute atomic E-state index is 10.6. The van der Waals surface area contributed by atoms with Crippen LogP contribution >= 0.6 is 0 Å². The van der Waals surface area contributed by atoms with E-state index in [9.17, 15) is 4.79 Å². The quantitative estimate of drug-likeness (QED) is 0.146. The molecule has 0 unspecified atom stereocenters. The van der Waals surface area contributed by atoms with Gasteiger partial charge in [-0.1, -0.05) is 6.58 Å². The van der Waals surface area contributed by atoms with Crippen LogP contribution in [0.25, 0.3) is 0 Å². The topological polar surface area (TPSA) is 103 Å². The molecule has 0 radical (unpaired) electrons. The van der Waals surface area contributed by atoms with Gasteiger partial charge in [0.05, 0.1) is 0 Å². The lowest BCUT2D eigenvalue weighted by Gasteiger charge is -2.03. The lowest BCUT2D eigenvalue weighted by Crippen LogP contribution is -2.34. The Kier molecular flexibility index (Phi) is 3.50. The molecule has 0 aromatic carbocycles. The molecule has 0 aliphatic heterocycles. The summed E-state index contributed by atoms with van der Waals surface area (Å²) in [6.07, 6.45) is 0. The summed E-state index contributed by atoms with van der Waals surface area (Å²) in [6, 6.07) is 0. The van der Waals surface area contributed by atoms with Crippen LogP contribution in [0.15, 0.2) is 17.3 Å². The first-order valence-electron chi connectivity index (χ1n) is 2.74. The molecule has 0 rings (SSSR count). The first-order valence-corrected chi connectivity index (χ1v) is 2.74. The Morgan fingerprint density at radius 1 is 1.73 bits per heavy atom. The van der Waals surface area contributed by atoms with E-state index >= 15 is 0 Å². The van der Waals surface area contributed by atoms with Gasteiger partial charge in [-0.15, -0.1) is 5.10 Å². The predicted octanol–water partition coefficient (Wildman–Crippen LogP) is -1.20. The fourth-order valence-corrected chi connectivity index (χ4v) is 0.212. The van der Waals surface area contributed by atoms with Crippen LogP contribution in [0.5, 0.6) is 0 Å². The highest BCUT2D eigenvalue weighted by Gasteiger charge is 2.02.